The van der Waals surface area contributed by atoms with Crippen molar-refractivity contribution in [1.82, 2.24) is 9.71 Å². The van der Waals surface area contributed by atoms with Crippen LogP contribution in [0.2, 0.25) is 0 Å². The van der Waals surface area contributed by atoms with Crippen molar-refractivity contribution in [2.75, 3.05) is 5.48 Å². The summed E-state index contributed by atoms with van der Waals surface area (Å²) in [6.45, 7) is 0. The maximum absolute atomic E-state index is 8.71. The molecule has 1 aromatic rings. The lowest BCUT2D eigenvalue weighted by molar-refractivity contribution is 0.183. The van der Waals surface area contributed by atoms with Crippen molar-refractivity contribution in [2.24, 2.45) is 0 Å². The first-order chi connectivity index (χ1) is 4.24. The molecule has 1 aromatic heterocycles. The van der Waals surface area contributed by atoms with Crippen LogP contribution in [0.1, 0.15) is 0 Å². The summed E-state index contributed by atoms with van der Waals surface area (Å²) in [6, 6.07) is 0. The molecule has 5 nitrogen and oxygen atoms in total. The van der Waals surface area contributed by atoms with Gasteiger partial charge in [0, 0.05) is 0 Å². The van der Waals surface area contributed by atoms with Gasteiger partial charge in [-0.2, -0.15) is 4.73 Å². The number of imidazole rings is 1. The highest BCUT2D eigenvalue weighted by molar-refractivity contribution is 7.80. The number of hydrogen-bond acceptors (Lipinski definition) is 5. The fourth-order valence-electron chi connectivity index (χ4n) is 0.435. The molecule has 0 aromatic carbocycles. The third-order valence-corrected chi connectivity index (χ3v) is 0.991. The smallest absolute Gasteiger partial charge is 0.261 e. The second kappa shape index (κ2) is 2.16. The van der Waals surface area contributed by atoms with Crippen LogP contribution in [0.5, 0.6) is 0 Å². The largest absolute Gasteiger partial charge is 0.425 e. The highest BCUT2D eigenvalue weighted by atomic mass is 32.1. The zero-order valence-corrected chi connectivity index (χ0v) is 5.21. The molecule has 0 spiro atoms. The van der Waals surface area contributed by atoms with Gasteiger partial charge in [0.05, 0.1) is 6.20 Å². The predicted octanol–water partition coefficient (Wildman–Crippen LogP) is 0.210. The number of anilines is 1. The van der Waals surface area contributed by atoms with E-state index in [0.29, 0.717) is 9.76 Å². The highest BCUT2D eigenvalue weighted by Gasteiger charge is 2.00. The minimum Gasteiger partial charge on any atom is -0.425 e. The molecule has 0 radical (unpaired) electrons. The minimum absolute atomic E-state index is 0.0556. The summed E-state index contributed by atoms with van der Waals surface area (Å²) in [5.41, 5.74) is 1.67. The maximum atomic E-state index is 8.71. The van der Waals surface area contributed by atoms with Crippen molar-refractivity contribution < 1.29 is 10.4 Å². The highest BCUT2D eigenvalue weighted by Crippen LogP contribution is 2.07. The lowest BCUT2D eigenvalue weighted by Crippen LogP contribution is -1.98. The standard InChI is InChI=1S/C3H5N3O2S/c7-5-3-4-2(9)1-6(3)8/h1,7-9H,(H,4,5). The Morgan fingerprint density at radius 3 is 2.67 bits per heavy atom. The molecule has 1 heterocycles. The van der Waals surface area contributed by atoms with Gasteiger partial charge >= 0.3 is 0 Å². The molecule has 0 atom stereocenters. The normalized spacial score (nSPS) is 9.56. The van der Waals surface area contributed by atoms with Crippen molar-refractivity contribution in [3.8, 4) is 0 Å². The molecule has 0 fully saturated rings. The van der Waals surface area contributed by atoms with E-state index < -0.39 is 0 Å². The molecule has 0 amide bonds. The third kappa shape index (κ3) is 1.08. The van der Waals surface area contributed by atoms with Gasteiger partial charge in [0.15, 0.2) is 0 Å². The lowest BCUT2D eigenvalue weighted by atomic mass is 10.9. The molecule has 6 heteroatoms. The molecule has 9 heavy (non-hydrogen) atoms. The van der Waals surface area contributed by atoms with Crippen LogP contribution in [0.4, 0.5) is 5.95 Å². The van der Waals surface area contributed by atoms with E-state index in [1.165, 1.54) is 6.20 Å². The third-order valence-electron chi connectivity index (χ3n) is 0.775. The minimum atomic E-state index is -0.0556. The first-order valence-corrected chi connectivity index (χ1v) is 2.56. The molecule has 0 saturated heterocycles. The summed E-state index contributed by atoms with van der Waals surface area (Å²) in [4.78, 5) is 3.54. The van der Waals surface area contributed by atoms with Crippen LogP contribution in [-0.2, 0) is 0 Å². The Bertz CT molecular complexity index is 211. The van der Waals surface area contributed by atoms with Gasteiger partial charge < -0.3 is 5.21 Å². The van der Waals surface area contributed by atoms with E-state index in [4.69, 9.17) is 10.4 Å². The summed E-state index contributed by atoms with van der Waals surface area (Å²) < 4.78 is 0.627. The first-order valence-electron chi connectivity index (χ1n) is 2.11. The van der Waals surface area contributed by atoms with E-state index in [-0.39, 0.29) is 5.95 Å². The summed E-state index contributed by atoms with van der Waals surface area (Å²) in [7, 11) is 0. The first kappa shape index (κ1) is 6.24. The Kier molecular flexibility index (Phi) is 1.50. The van der Waals surface area contributed by atoms with Crippen molar-refractivity contribution in [3.63, 3.8) is 0 Å². The summed E-state index contributed by atoms with van der Waals surface area (Å²) in [5.74, 6) is -0.0556. The average Bonchev–Trinajstić information content (AvgIpc) is 2.10. The molecule has 0 aliphatic rings. The number of thiol groups is 1. The maximum Gasteiger partial charge on any atom is 0.261 e. The van der Waals surface area contributed by atoms with Crippen LogP contribution in [-0.4, -0.2) is 20.1 Å². The lowest BCUT2D eigenvalue weighted by Gasteiger charge is -1.92. The van der Waals surface area contributed by atoms with E-state index in [0.717, 1.165) is 0 Å². The van der Waals surface area contributed by atoms with Crippen LogP contribution >= 0.6 is 12.6 Å². The van der Waals surface area contributed by atoms with E-state index in [1.807, 2.05) is 0 Å². The van der Waals surface area contributed by atoms with Gasteiger partial charge in [0.25, 0.3) is 5.95 Å². The van der Waals surface area contributed by atoms with Gasteiger partial charge in [-0.25, -0.2) is 10.5 Å². The Morgan fingerprint density at radius 2 is 2.44 bits per heavy atom. The number of nitrogens with one attached hydrogen (secondary N) is 1. The van der Waals surface area contributed by atoms with Crippen LogP contribution < -0.4 is 5.48 Å². The molecule has 0 aliphatic heterocycles. The van der Waals surface area contributed by atoms with Crippen molar-refractivity contribution in [1.29, 1.82) is 0 Å². The van der Waals surface area contributed by atoms with E-state index in [1.54, 1.807) is 5.48 Å². The molecular weight excluding hydrogens is 142 g/mol. The van der Waals surface area contributed by atoms with Crippen LogP contribution in [0.25, 0.3) is 0 Å². The Hall–Kier alpha value is -0.880. The SMILES string of the molecule is ONc1nc(S)cn1O. The number of hydrogen-bond donors (Lipinski definition) is 4. The van der Waals surface area contributed by atoms with Crippen molar-refractivity contribution in [2.45, 2.75) is 5.03 Å². The fourth-order valence-corrected chi connectivity index (χ4v) is 0.639. The number of aromatic nitrogens is 2. The second-order valence-corrected chi connectivity index (χ2v) is 1.84. The molecule has 0 saturated carbocycles. The van der Waals surface area contributed by atoms with Crippen molar-refractivity contribution in [3.05, 3.63) is 6.20 Å². The quantitative estimate of drug-likeness (QED) is 0.260. The zero-order chi connectivity index (χ0) is 6.85. The topological polar surface area (TPSA) is 70.3 Å². The molecule has 3 N–H and O–H groups in total. The van der Waals surface area contributed by atoms with Crippen molar-refractivity contribution >= 4 is 18.6 Å². The molecule has 0 bridgehead atoms. The van der Waals surface area contributed by atoms with Crippen LogP contribution in [0.3, 0.4) is 0 Å². The molecular formula is C3H5N3O2S. The monoisotopic (exact) mass is 147 g/mol. The fraction of sp³-hybridized carbons (Fsp3) is 0. The number of rotatable bonds is 1. The summed E-state index contributed by atoms with van der Waals surface area (Å²) in [5, 5.41) is 17.2. The molecule has 0 unspecified atom stereocenters. The Balaban J connectivity index is 3.01. The Morgan fingerprint density at radius 1 is 1.78 bits per heavy atom. The van der Waals surface area contributed by atoms with E-state index in [2.05, 4.69) is 17.6 Å². The van der Waals surface area contributed by atoms with Gasteiger partial charge in [-0.15, -0.1) is 12.6 Å². The van der Waals surface area contributed by atoms with Gasteiger partial charge in [-0.1, -0.05) is 0 Å². The van der Waals surface area contributed by atoms with Crippen LogP contribution in [0.15, 0.2) is 11.2 Å². The zero-order valence-electron chi connectivity index (χ0n) is 4.31. The molecule has 1 rings (SSSR count). The van der Waals surface area contributed by atoms with E-state index >= 15 is 0 Å². The van der Waals surface area contributed by atoms with Gasteiger partial charge in [-0.3, -0.25) is 5.21 Å². The number of nitrogens with zero attached hydrogens (tertiary/aromatic N) is 2. The van der Waals surface area contributed by atoms with Crippen LogP contribution in [0, 0.1) is 0 Å². The summed E-state index contributed by atoms with van der Waals surface area (Å²) in [6.07, 6.45) is 1.24. The van der Waals surface area contributed by atoms with Gasteiger partial charge in [0.1, 0.15) is 5.03 Å². The average molecular weight is 147 g/mol. The predicted molar refractivity (Wildman–Crippen MR) is 32.1 cm³/mol. The molecule has 50 valence electrons. The van der Waals surface area contributed by atoms with Gasteiger partial charge in [0.2, 0.25) is 0 Å². The molecule has 0 aliphatic carbocycles. The summed E-state index contributed by atoms with van der Waals surface area (Å²) >= 11 is 3.79. The second-order valence-electron chi connectivity index (χ2n) is 1.38. The Labute approximate surface area is 56.3 Å². The van der Waals surface area contributed by atoms with Gasteiger partial charge in [-0.05, 0) is 0 Å². The van der Waals surface area contributed by atoms with E-state index in [9.17, 15) is 0 Å².